The Morgan fingerprint density at radius 1 is 0.600 bits per heavy atom. The van der Waals surface area contributed by atoms with Gasteiger partial charge in [0, 0.05) is 23.2 Å². The highest BCUT2D eigenvalue weighted by Gasteiger charge is 1.88. The second-order valence-electron chi connectivity index (χ2n) is 4.28. The third kappa shape index (κ3) is 2.78. The second-order valence-corrected chi connectivity index (χ2v) is 4.28. The van der Waals surface area contributed by atoms with Crippen LogP contribution >= 0.6 is 0 Å². The van der Waals surface area contributed by atoms with Gasteiger partial charge in [-0.2, -0.15) is 0 Å². The van der Waals surface area contributed by atoms with Crippen molar-refractivity contribution < 1.29 is 0 Å². The molecule has 3 nitrogen and oxygen atoms in total. The van der Waals surface area contributed by atoms with E-state index in [1.165, 1.54) is 5.39 Å². The molecule has 96 valence electrons. The number of fused-ring (bicyclic) bond motifs is 2. The molecule has 0 saturated carbocycles. The Hall–Kier alpha value is -2.81. The summed E-state index contributed by atoms with van der Waals surface area (Å²) in [5.74, 6) is 0. The Morgan fingerprint density at radius 3 is 2.00 bits per heavy atom. The van der Waals surface area contributed by atoms with Crippen molar-refractivity contribution in [1.82, 2.24) is 15.0 Å². The molecule has 2 heterocycles. The summed E-state index contributed by atoms with van der Waals surface area (Å²) in [5, 5.41) is 2.29. The van der Waals surface area contributed by atoms with E-state index in [1.54, 1.807) is 6.33 Å². The lowest BCUT2D eigenvalue weighted by Crippen LogP contribution is -1.77. The van der Waals surface area contributed by atoms with Gasteiger partial charge >= 0.3 is 0 Å². The van der Waals surface area contributed by atoms with Gasteiger partial charge in [-0.3, -0.25) is 4.98 Å². The van der Waals surface area contributed by atoms with Gasteiger partial charge in [0.25, 0.3) is 0 Å². The lowest BCUT2D eigenvalue weighted by atomic mass is 10.2. The smallest absolute Gasteiger partial charge is 0.116 e. The first-order valence-electron chi connectivity index (χ1n) is 6.38. The van der Waals surface area contributed by atoms with Crippen LogP contribution in [0.3, 0.4) is 0 Å². The van der Waals surface area contributed by atoms with E-state index in [1.807, 2.05) is 60.9 Å². The average molecular weight is 259 g/mol. The predicted molar refractivity (Wildman–Crippen MR) is 81.3 cm³/mol. The van der Waals surface area contributed by atoms with Gasteiger partial charge in [-0.15, -0.1) is 0 Å². The van der Waals surface area contributed by atoms with Gasteiger partial charge in [-0.1, -0.05) is 42.5 Å². The van der Waals surface area contributed by atoms with Gasteiger partial charge < -0.3 is 0 Å². The van der Waals surface area contributed by atoms with E-state index in [0.29, 0.717) is 0 Å². The fourth-order valence-electron chi connectivity index (χ4n) is 1.94. The number of nitrogens with zero attached hydrogens (tertiary/aromatic N) is 3. The zero-order chi connectivity index (χ0) is 13.6. The van der Waals surface area contributed by atoms with Gasteiger partial charge in [0.15, 0.2) is 0 Å². The second kappa shape index (κ2) is 5.89. The molecule has 0 fully saturated rings. The van der Waals surface area contributed by atoms with Gasteiger partial charge in [0.05, 0.1) is 11.0 Å². The molecule has 0 unspecified atom stereocenters. The molecular weight excluding hydrogens is 246 g/mol. The SMILES string of the molecule is c1ccc2ncccc2c1.c1ccc2ncncc2c1. The quantitative estimate of drug-likeness (QED) is 0.481. The summed E-state index contributed by atoms with van der Waals surface area (Å²) in [6.07, 6.45) is 5.17. The highest BCUT2D eigenvalue weighted by atomic mass is 14.8. The molecule has 2 aromatic carbocycles. The van der Waals surface area contributed by atoms with Crippen LogP contribution in [-0.4, -0.2) is 15.0 Å². The van der Waals surface area contributed by atoms with Crippen LogP contribution in [0.4, 0.5) is 0 Å². The van der Waals surface area contributed by atoms with Crippen LogP contribution in [-0.2, 0) is 0 Å². The minimum atomic E-state index is 0.998. The molecule has 0 aliphatic carbocycles. The Kier molecular flexibility index (Phi) is 3.60. The maximum absolute atomic E-state index is 4.18. The number of hydrogen-bond acceptors (Lipinski definition) is 3. The van der Waals surface area contributed by atoms with Gasteiger partial charge in [0.2, 0.25) is 0 Å². The average Bonchev–Trinajstić information content (AvgIpc) is 2.56. The Bertz CT molecular complexity index is 625. The maximum Gasteiger partial charge on any atom is 0.116 e. The zero-order valence-electron chi connectivity index (χ0n) is 10.8. The Morgan fingerprint density at radius 2 is 1.25 bits per heavy atom. The van der Waals surface area contributed by atoms with Crippen molar-refractivity contribution in [2.24, 2.45) is 0 Å². The van der Waals surface area contributed by atoms with Crippen molar-refractivity contribution in [2.45, 2.75) is 0 Å². The highest BCUT2D eigenvalue weighted by Crippen LogP contribution is 2.08. The van der Waals surface area contributed by atoms with Crippen molar-refractivity contribution in [3.8, 4) is 0 Å². The third-order valence-electron chi connectivity index (χ3n) is 2.93. The van der Waals surface area contributed by atoms with Crippen LogP contribution in [0.2, 0.25) is 0 Å². The molecule has 4 aromatic rings. The van der Waals surface area contributed by atoms with E-state index < -0.39 is 0 Å². The summed E-state index contributed by atoms with van der Waals surface area (Å²) < 4.78 is 0. The fourth-order valence-corrected chi connectivity index (χ4v) is 1.94. The maximum atomic E-state index is 4.18. The Labute approximate surface area is 117 Å². The monoisotopic (exact) mass is 259 g/mol. The molecule has 0 saturated heterocycles. The normalized spacial score (nSPS) is 10.0. The summed E-state index contributed by atoms with van der Waals surface area (Å²) in [6.45, 7) is 0. The van der Waals surface area contributed by atoms with Crippen LogP contribution in [0.5, 0.6) is 0 Å². The molecule has 0 N–H and O–H groups in total. The fraction of sp³-hybridized carbons (Fsp3) is 0. The molecule has 0 atom stereocenters. The summed E-state index contributed by atoms with van der Waals surface area (Å²) in [6, 6.07) is 20.0. The molecule has 0 radical (unpaired) electrons. The van der Waals surface area contributed by atoms with E-state index >= 15 is 0 Å². The van der Waals surface area contributed by atoms with Crippen molar-refractivity contribution in [3.63, 3.8) is 0 Å². The van der Waals surface area contributed by atoms with Gasteiger partial charge in [0.1, 0.15) is 6.33 Å². The van der Waals surface area contributed by atoms with Crippen molar-refractivity contribution in [1.29, 1.82) is 0 Å². The van der Waals surface area contributed by atoms with Crippen molar-refractivity contribution >= 4 is 21.8 Å². The lowest BCUT2D eigenvalue weighted by molar-refractivity contribution is 1.22. The number of aromatic nitrogens is 3. The molecule has 2 aromatic heterocycles. The highest BCUT2D eigenvalue weighted by molar-refractivity contribution is 5.78. The van der Waals surface area contributed by atoms with Crippen LogP contribution in [0.15, 0.2) is 79.4 Å². The first kappa shape index (κ1) is 12.2. The number of pyridine rings is 1. The minimum Gasteiger partial charge on any atom is -0.256 e. The molecule has 0 aliphatic rings. The topological polar surface area (TPSA) is 38.7 Å². The van der Waals surface area contributed by atoms with Gasteiger partial charge in [-0.05, 0) is 18.2 Å². The van der Waals surface area contributed by atoms with E-state index in [9.17, 15) is 0 Å². The van der Waals surface area contributed by atoms with Crippen LogP contribution in [0.25, 0.3) is 21.8 Å². The number of para-hydroxylation sites is 2. The lowest BCUT2D eigenvalue weighted by Gasteiger charge is -1.91. The third-order valence-corrected chi connectivity index (χ3v) is 2.93. The summed E-state index contributed by atoms with van der Waals surface area (Å²) >= 11 is 0. The Balaban J connectivity index is 0.000000121. The van der Waals surface area contributed by atoms with Crippen molar-refractivity contribution in [2.75, 3.05) is 0 Å². The molecular formula is C17H13N3. The number of hydrogen-bond donors (Lipinski definition) is 0. The first-order valence-corrected chi connectivity index (χ1v) is 6.38. The molecule has 0 amide bonds. The summed E-state index contributed by atoms with van der Waals surface area (Å²) in [5.41, 5.74) is 2.06. The molecule has 0 bridgehead atoms. The first-order chi connectivity index (χ1) is 9.93. The van der Waals surface area contributed by atoms with Crippen LogP contribution in [0, 0.1) is 0 Å². The molecule has 20 heavy (non-hydrogen) atoms. The van der Waals surface area contributed by atoms with Crippen molar-refractivity contribution in [3.05, 3.63) is 79.4 Å². The summed E-state index contributed by atoms with van der Waals surface area (Å²) in [4.78, 5) is 12.2. The summed E-state index contributed by atoms with van der Waals surface area (Å²) in [7, 11) is 0. The largest absolute Gasteiger partial charge is 0.256 e. The van der Waals surface area contributed by atoms with E-state index in [-0.39, 0.29) is 0 Å². The molecule has 4 rings (SSSR count). The molecule has 0 aliphatic heterocycles. The van der Waals surface area contributed by atoms with E-state index in [4.69, 9.17) is 0 Å². The molecule has 0 spiro atoms. The number of rotatable bonds is 0. The predicted octanol–water partition coefficient (Wildman–Crippen LogP) is 3.86. The van der Waals surface area contributed by atoms with E-state index in [2.05, 4.69) is 27.1 Å². The minimum absolute atomic E-state index is 0.998. The van der Waals surface area contributed by atoms with E-state index in [0.717, 1.165) is 16.4 Å². The van der Waals surface area contributed by atoms with Crippen LogP contribution < -0.4 is 0 Å². The number of benzene rings is 2. The van der Waals surface area contributed by atoms with Crippen LogP contribution in [0.1, 0.15) is 0 Å². The molecule has 3 heteroatoms. The van der Waals surface area contributed by atoms with Gasteiger partial charge in [-0.25, -0.2) is 9.97 Å². The zero-order valence-corrected chi connectivity index (χ0v) is 10.8. The standard InChI is InChI=1S/C9H7N.C8H6N2/c1-2-6-9-8(4-1)5-3-7-10-9;1-2-4-8-7(3-1)5-9-6-10-8/h1-7H;1-6H.